The molecule has 0 saturated heterocycles. The molecule has 0 N–H and O–H groups in total. The molecule has 0 saturated carbocycles. The van der Waals surface area contributed by atoms with E-state index in [0.717, 1.165) is 42.5 Å². The fraction of sp³-hybridized carbons (Fsp3) is 0.154. The van der Waals surface area contributed by atoms with Crippen LogP contribution in [0.5, 0.6) is 11.5 Å². The second-order valence-electron chi connectivity index (χ2n) is 15.4. The SMILES string of the molecule is c1ccc(P(c2ccccc2)c2ccc3c(c2-c2c(O[P@@]4Oc5ccc6ccccc6c5-c5c4ccc4ccccc54)ccc4c2CCCC4)CCCC3)cc1. The maximum atomic E-state index is 7.54. The normalized spacial score (nSPS) is 15.8. The highest BCUT2D eigenvalue weighted by Crippen LogP contribution is 2.56. The third-order valence-electron chi connectivity index (χ3n) is 12.1. The van der Waals surface area contributed by atoms with Crippen LogP contribution in [-0.4, -0.2) is 0 Å². The van der Waals surface area contributed by atoms with E-state index in [1.165, 1.54) is 108 Å². The van der Waals surface area contributed by atoms with Gasteiger partial charge in [0.1, 0.15) is 11.5 Å². The first-order valence-corrected chi connectivity index (χ1v) is 22.7. The third kappa shape index (κ3) is 5.77. The summed E-state index contributed by atoms with van der Waals surface area (Å²) < 4.78 is 14.7. The molecule has 0 bridgehead atoms. The lowest BCUT2D eigenvalue weighted by Gasteiger charge is -2.33. The summed E-state index contributed by atoms with van der Waals surface area (Å²) in [4.78, 5) is 0. The van der Waals surface area contributed by atoms with Crippen molar-refractivity contribution in [2.24, 2.45) is 0 Å². The Morgan fingerprint density at radius 3 is 1.68 bits per heavy atom. The molecule has 0 unspecified atom stereocenters. The van der Waals surface area contributed by atoms with Gasteiger partial charge in [-0.05, 0) is 143 Å². The van der Waals surface area contributed by atoms with Crippen LogP contribution >= 0.6 is 16.3 Å². The van der Waals surface area contributed by atoms with Gasteiger partial charge >= 0.3 is 8.38 Å². The molecular weight excluding hydrogens is 719 g/mol. The van der Waals surface area contributed by atoms with Gasteiger partial charge in [0, 0.05) is 16.7 Å². The smallest absolute Gasteiger partial charge is 0.326 e. The molecule has 1 atom stereocenters. The molecule has 2 aliphatic carbocycles. The first kappa shape index (κ1) is 34.0. The van der Waals surface area contributed by atoms with E-state index in [4.69, 9.17) is 9.05 Å². The monoisotopic (exact) mass is 760 g/mol. The number of aryl methyl sites for hydroxylation is 2. The van der Waals surface area contributed by atoms with Crippen LogP contribution in [-0.2, 0) is 25.7 Å². The second-order valence-corrected chi connectivity index (χ2v) is 18.9. The van der Waals surface area contributed by atoms with Crippen LogP contribution in [0.15, 0.2) is 158 Å². The summed E-state index contributed by atoms with van der Waals surface area (Å²) in [5, 5.41) is 10.2. The molecule has 8 aromatic carbocycles. The molecule has 1 aliphatic heterocycles. The molecule has 4 heteroatoms. The standard InChI is InChI=1S/C52H42O2P2/c1-3-19-39(20-4-1)55(40-21-5-2-6-22-40)47-33-29-37-17-9-13-25-43(37)51(47)49-41-23-11-7-15-35(41)27-31-45(49)53-56-48-34-30-38-18-10-14-26-44(38)52(48)50-42-24-12-8-16-36(42)28-32-46(50)54-56/h1-6,8,10,12,14,16,18-22,24,26-34H,7,9,11,13,15,17,23,25H2/t56-/m0/s1. The molecule has 0 spiro atoms. The topological polar surface area (TPSA) is 18.5 Å². The van der Waals surface area contributed by atoms with Gasteiger partial charge in [-0.25, -0.2) is 0 Å². The van der Waals surface area contributed by atoms with Gasteiger partial charge in [-0.1, -0.05) is 140 Å². The number of benzene rings is 8. The zero-order chi connectivity index (χ0) is 37.0. The van der Waals surface area contributed by atoms with Crippen molar-refractivity contribution in [2.45, 2.75) is 51.4 Å². The highest BCUT2D eigenvalue weighted by atomic mass is 31.2. The van der Waals surface area contributed by atoms with Crippen molar-refractivity contribution in [3.05, 3.63) is 180 Å². The predicted octanol–water partition coefficient (Wildman–Crippen LogP) is 12.3. The average Bonchev–Trinajstić information content (AvgIpc) is 3.27. The Labute approximate surface area is 331 Å². The Balaban J connectivity index is 1.15. The fourth-order valence-corrected chi connectivity index (χ4v) is 13.6. The van der Waals surface area contributed by atoms with Gasteiger partial charge in [0.15, 0.2) is 0 Å². The van der Waals surface area contributed by atoms with Gasteiger partial charge in [0.05, 0.1) is 5.30 Å². The number of hydrogen-bond acceptors (Lipinski definition) is 2. The lowest BCUT2D eigenvalue weighted by Crippen LogP contribution is -2.25. The van der Waals surface area contributed by atoms with Crippen molar-refractivity contribution >= 4 is 59.1 Å². The molecule has 0 aromatic heterocycles. The second kappa shape index (κ2) is 14.4. The number of rotatable bonds is 6. The molecule has 272 valence electrons. The van der Waals surface area contributed by atoms with E-state index >= 15 is 0 Å². The average molecular weight is 761 g/mol. The molecule has 0 amide bonds. The quantitative estimate of drug-likeness (QED) is 0.157. The lowest BCUT2D eigenvalue weighted by molar-refractivity contribution is 0.501. The minimum Gasteiger partial charge on any atom is -0.435 e. The van der Waals surface area contributed by atoms with Crippen LogP contribution in [0.4, 0.5) is 0 Å². The Kier molecular flexibility index (Phi) is 8.72. The van der Waals surface area contributed by atoms with Crippen molar-refractivity contribution in [3.8, 4) is 33.8 Å². The van der Waals surface area contributed by atoms with Gasteiger partial charge in [0.25, 0.3) is 0 Å². The third-order valence-corrected chi connectivity index (χ3v) is 16.1. The maximum Gasteiger partial charge on any atom is 0.326 e. The largest absolute Gasteiger partial charge is 0.435 e. The fourth-order valence-electron chi connectivity index (χ4n) is 9.57. The van der Waals surface area contributed by atoms with E-state index in [1.54, 1.807) is 0 Å². The van der Waals surface area contributed by atoms with Crippen LogP contribution in [0.2, 0.25) is 0 Å². The molecule has 1 heterocycles. The summed E-state index contributed by atoms with van der Waals surface area (Å²) in [6, 6.07) is 58.4. The number of fused-ring (bicyclic) bond motifs is 9. The summed E-state index contributed by atoms with van der Waals surface area (Å²) in [5.41, 5.74) is 11.1. The summed E-state index contributed by atoms with van der Waals surface area (Å²) >= 11 is 0. The predicted molar refractivity (Wildman–Crippen MR) is 239 cm³/mol. The molecule has 0 fully saturated rings. The summed E-state index contributed by atoms with van der Waals surface area (Å²) in [6.07, 6.45) is 9.28. The Morgan fingerprint density at radius 1 is 0.446 bits per heavy atom. The van der Waals surface area contributed by atoms with Crippen molar-refractivity contribution in [1.82, 2.24) is 0 Å². The van der Waals surface area contributed by atoms with Crippen molar-refractivity contribution in [1.29, 1.82) is 0 Å². The molecule has 11 rings (SSSR count). The molecule has 56 heavy (non-hydrogen) atoms. The van der Waals surface area contributed by atoms with E-state index in [2.05, 4.69) is 158 Å². The van der Waals surface area contributed by atoms with Crippen LogP contribution < -0.4 is 30.3 Å². The molecule has 2 nitrogen and oxygen atoms in total. The highest BCUT2D eigenvalue weighted by Gasteiger charge is 2.35. The maximum absolute atomic E-state index is 7.54. The van der Waals surface area contributed by atoms with Gasteiger partial charge in [-0.15, -0.1) is 0 Å². The molecule has 8 aromatic rings. The lowest BCUT2D eigenvalue weighted by atomic mass is 9.80. The molecule has 3 aliphatic rings. The van der Waals surface area contributed by atoms with Gasteiger partial charge in [0.2, 0.25) is 0 Å². The van der Waals surface area contributed by atoms with Crippen molar-refractivity contribution in [3.63, 3.8) is 0 Å². The summed E-state index contributed by atoms with van der Waals surface area (Å²) in [5.74, 6) is 1.85. The Morgan fingerprint density at radius 2 is 1.00 bits per heavy atom. The first-order chi connectivity index (χ1) is 27.8. The zero-order valence-electron chi connectivity index (χ0n) is 31.4. The van der Waals surface area contributed by atoms with E-state index in [9.17, 15) is 0 Å². The van der Waals surface area contributed by atoms with E-state index in [-0.39, 0.29) is 0 Å². The van der Waals surface area contributed by atoms with Crippen LogP contribution in [0, 0.1) is 0 Å². The number of hydrogen-bond donors (Lipinski definition) is 0. The first-order valence-electron chi connectivity index (χ1n) is 20.2. The van der Waals surface area contributed by atoms with Gasteiger partial charge < -0.3 is 9.05 Å². The van der Waals surface area contributed by atoms with E-state index in [1.807, 2.05) is 0 Å². The highest BCUT2D eigenvalue weighted by molar-refractivity contribution is 7.80. The molecular formula is C52H42O2P2. The van der Waals surface area contributed by atoms with Gasteiger partial charge in [-0.3, -0.25) is 0 Å². The Bertz CT molecular complexity index is 2740. The van der Waals surface area contributed by atoms with Crippen molar-refractivity contribution < 1.29 is 9.05 Å². The Hall–Kier alpha value is -5.26. The molecule has 0 radical (unpaired) electrons. The van der Waals surface area contributed by atoms with E-state index < -0.39 is 16.3 Å². The zero-order valence-corrected chi connectivity index (χ0v) is 33.2. The summed E-state index contributed by atoms with van der Waals surface area (Å²) in [7, 11) is -2.36. The van der Waals surface area contributed by atoms with Crippen LogP contribution in [0.3, 0.4) is 0 Å². The van der Waals surface area contributed by atoms with E-state index in [0.29, 0.717) is 0 Å². The minimum absolute atomic E-state index is 0.846. The summed E-state index contributed by atoms with van der Waals surface area (Å²) in [6.45, 7) is 0. The van der Waals surface area contributed by atoms with Gasteiger partial charge in [-0.2, -0.15) is 0 Å². The van der Waals surface area contributed by atoms with Crippen molar-refractivity contribution in [2.75, 3.05) is 0 Å². The van der Waals surface area contributed by atoms with Crippen LogP contribution in [0.1, 0.15) is 47.9 Å². The minimum atomic E-state index is -1.52. The van der Waals surface area contributed by atoms with Crippen LogP contribution in [0.25, 0.3) is 43.8 Å².